The van der Waals surface area contributed by atoms with E-state index < -0.39 is 11.9 Å². The fourth-order valence-electron chi connectivity index (χ4n) is 1.82. The SMILES string of the molecule is CC(C)NC(=O)C(C)NC(C)c1cc(F)c(Cl)cc1Cl. The standard InChI is InChI=1S/C14H19Cl2FN2O/c1-7(2)18-14(20)9(4)19-8(3)10-5-13(17)12(16)6-11(10)15/h5-9,19H,1-4H3,(H,18,20). The lowest BCUT2D eigenvalue weighted by molar-refractivity contribution is -0.123. The number of benzene rings is 1. The van der Waals surface area contributed by atoms with Crippen molar-refractivity contribution in [2.75, 3.05) is 0 Å². The first-order chi connectivity index (χ1) is 9.22. The molecule has 1 rings (SSSR count). The van der Waals surface area contributed by atoms with Gasteiger partial charge < -0.3 is 5.32 Å². The molecule has 0 aliphatic rings. The van der Waals surface area contributed by atoms with Gasteiger partial charge in [0.25, 0.3) is 0 Å². The molecule has 0 aromatic heterocycles. The molecule has 0 fully saturated rings. The Morgan fingerprint density at radius 1 is 1.15 bits per heavy atom. The molecule has 0 spiro atoms. The smallest absolute Gasteiger partial charge is 0.237 e. The molecule has 2 atom stereocenters. The zero-order chi connectivity index (χ0) is 15.4. The second kappa shape index (κ2) is 7.25. The van der Waals surface area contributed by atoms with Gasteiger partial charge in [-0.3, -0.25) is 10.1 Å². The summed E-state index contributed by atoms with van der Waals surface area (Å²) in [5.41, 5.74) is 0.567. The highest BCUT2D eigenvalue weighted by atomic mass is 35.5. The van der Waals surface area contributed by atoms with Crippen LogP contribution in [0, 0.1) is 5.82 Å². The van der Waals surface area contributed by atoms with E-state index in [1.54, 1.807) is 6.92 Å². The van der Waals surface area contributed by atoms with Crippen LogP contribution in [0.4, 0.5) is 4.39 Å². The second-order valence-corrected chi connectivity index (χ2v) is 5.88. The van der Waals surface area contributed by atoms with E-state index in [2.05, 4.69) is 10.6 Å². The van der Waals surface area contributed by atoms with E-state index in [0.717, 1.165) is 0 Å². The summed E-state index contributed by atoms with van der Waals surface area (Å²) in [7, 11) is 0. The molecule has 1 amide bonds. The number of hydrogen-bond donors (Lipinski definition) is 2. The Morgan fingerprint density at radius 3 is 2.30 bits per heavy atom. The number of nitrogens with one attached hydrogen (secondary N) is 2. The highest BCUT2D eigenvalue weighted by molar-refractivity contribution is 6.35. The molecule has 2 N–H and O–H groups in total. The van der Waals surface area contributed by atoms with Crippen molar-refractivity contribution in [1.29, 1.82) is 0 Å². The van der Waals surface area contributed by atoms with Gasteiger partial charge in [-0.1, -0.05) is 23.2 Å². The van der Waals surface area contributed by atoms with Gasteiger partial charge in [-0.25, -0.2) is 4.39 Å². The van der Waals surface area contributed by atoms with Crippen molar-refractivity contribution < 1.29 is 9.18 Å². The molecule has 0 heterocycles. The van der Waals surface area contributed by atoms with Crippen molar-refractivity contribution in [3.63, 3.8) is 0 Å². The van der Waals surface area contributed by atoms with Gasteiger partial charge in [0.05, 0.1) is 11.1 Å². The minimum atomic E-state index is -0.529. The molecule has 1 aromatic carbocycles. The maximum atomic E-state index is 13.5. The van der Waals surface area contributed by atoms with Gasteiger partial charge in [-0.2, -0.15) is 0 Å². The lowest BCUT2D eigenvalue weighted by atomic mass is 10.1. The van der Waals surface area contributed by atoms with Gasteiger partial charge >= 0.3 is 0 Å². The van der Waals surface area contributed by atoms with Crippen molar-refractivity contribution in [1.82, 2.24) is 10.6 Å². The van der Waals surface area contributed by atoms with Crippen LogP contribution in [0.3, 0.4) is 0 Å². The lowest BCUT2D eigenvalue weighted by Crippen LogP contribution is -2.45. The molecular formula is C14H19Cl2FN2O. The van der Waals surface area contributed by atoms with Crippen LogP contribution in [0.15, 0.2) is 12.1 Å². The molecule has 2 unspecified atom stereocenters. The molecule has 0 saturated heterocycles. The van der Waals surface area contributed by atoms with E-state index in [1.165, 1.54) is 12.1 Å². The van der Waals surface area contributed by atoms with Gasteiger partial charge in [0.2, 0.25) is 5.91 Å². The average molecular weight is 321 g/mol. The van der Waals surface area contributed by atoms with E-state index in [-0.39, 0.29) is 23.0 Å². The molecule has 0 aliphatic carbocycles. The predicted octanol–water partition coefficient (Wildman–Crippen LogP) is 3.70. The summed E-state index contributed by atoms with van der Waals surface area (Å²) in [5, 5.41) is 6.24. The van der Waals surface area contributed by atoms with Crippen molar-refractivity contribution in [3.05, 3.63) is 33.6 Å². The van der Waals surface area contributed by atoms with Gasteiger partial charge in [0, 0.05) is 17.1 Å². The molecule has 0 saturated carbocycles. The summed E-state index contributed by atoms with van der Waals surface area (Å²) in [4.78, 5) is 11.8. The van der Waals surface area contributed by atoms with Crippen LogP contribution in [-0.4, -0.2) is 18.0 Å². The fourth-order valence-corrected chi connectivity index (χ4v) is 2.37. The van der Waals surface area contributed by atoms with Crippen molar-refractivity contribution in [3.8, 4) is 0 Å². The largest absolute Gasteiger partial charge is 0.353 e. The van der Waals surface area contributed by atoms with Gasteiger partial charge in [-0.15, -0.1) is 0 Å². The van der Waals surface area contributed by atoms with Gasteiger partial charge in [-0.05, 0) is 45.4 Å². The molecule has 3 nitrogen and oxygen atoms in total. The molecule has 1 aromatic rings. The Hall–Kier alpha value is -0.840. The van der Waals surface area contributed by atoms with Crippen LogP contribution in [0.2, 0.25) is 10.0 Å². The highest BCUT2D eigenvalue weighted by Crippen LogP contribution is 2.28. The Morgan fingerprint density at radius 2 is 1.75 bits per heavy atom. The average Bonchev–Trinajstić information content (AvgIpc) is 2.32. The maximum absolute atomic E-state index is 13.5. The summed E-state index contributed by atoms with van der Waals surface area (Å²) in [6.07, 6.45) is 0. The molecular weight excluding hydrogens is 302 g/mol. The van der Waals surface area contributed by atoms with Crippen LogP contribution in [-0.2, 0) is 4.79 Å². The van der Waals surface area contributed by atoms with Crippen molar-refractivity contribution >= 4 is 29.1 Å². The van der Waals surface area contributed by atoms with Crippen LogP contribution in [0.1, 0.15) is 39.3 Å². The predicted molar refractivity (Wildman–Crippen MR) is 80.7 cm³/mol. The van der Waals surface area contributed by atoms with Crippen molar-refractivity contribution in [2.45, 2.75) is 45.8 Å². The zero-order valence-corrected chi connectivity index (χ0v) is 13.4. The number of amides is 1. The topological polar surface area (TPSA) is 41.1 Å². The third kappa shape index (κ3) is 4.62. The zero-order valence-electron chi connectivity index (χ0n) is 11.9. The van der Waals surface area contributed by atoms with Crippen molar-refractivity contribution in [2.24, 2.45) is 0 Å². The van der Waals surface area contributed by atoms with Crippen LogP contribution in [0.25, 0.3) is 0 Å². The number of rotatable bonds is 5. The minimum absolute atomic E-state index is 0.0171. The first kappa shape index (κ1) is 17.2. The Kier molecular flexibility index (Phi) is 6.24. The van der Waals surface area contributed by atoms with Crippen LogP contribution >= 0.6 is 23.2 Å². The Balaban J connectivity index is 2.78. The minimum Gasteiger partial charge on any atom is -0.353 e. The number of hydrogen-bond acceptors (Lipinski definition) is 2. The van der Waals surface area contributed by atoms with E-state index in [9.17, 15) is 9.18 Å². The first-order valence-electron chi connectivity index (χ1n) is 6.43. The molecule has 112 valence electrons. The maximum Gasteiger partial charge on any atom is 0.237 e. The Labute approximate surface area is 128 Å². The summed E-state index contributed by atoms with van der Waals surface area (Å²) >= 11 is 11.7. The molecule has 0 aliphatic heterocycles. The fraction of sp³-hybridized carbons (Fsp3) is 0.500. The Bertz CT molecular complexity index is 494. The second-order valence-electron chi connectivity index (χ2n) is 5.06. The number of carbonyl (C=O) groups is 1. The summed E-state index contributed by atoms with van der Waals surface area (Å²) in [6.45, 7) is 7.33. The van der Waals surface area contributed by atoms with E-state index in [0.29, 0.717) is 10.6 Å². The lowest BCUT2D eigenvalue weighted by Gasteiger charge is -2.22. The summed E-state index contributed by atoms with van der Waals surface area (Å²) in [6, 6.07) is 2.03. The van der Waals surface area contributed by atoms with E-state index in [4.69, 9.17) is 23.2 Å². The van der Waals surface area contributed by atoms with Gasteiger partial charge in [0.15, 0.2) is 0 Å². The molecule has 0 bridgehead atoms. The van der Waals surface area contributed by atoms with E-state index >= 15 is 0 Å². The third-order valence-corrected chi connectivity index (χ3v) is 3.45. The molecule has 6 heteroatoms. The quantitative estimate of drug-likeness (QED) is 0.812. The van der Waals surface area contributed by atoms with Crippen LogP contribution < -0.4 is 10.6 Å². The summed E-state index contributed by atoms with van der Waals surface area (Å²) in [5.74, 6) is -0.642. The summed E-state index contributed by atoms with van der Waals surface area (Å²) < 4.78 is 13.5. The highest BCUT2D eigenvalue weighted by Gasteiger charge is 2.19. The number of carbonyl (C=O) groups excluding carboxylic acids is 1. The first-order valence-corrected chi connectivity index (χ1v) is 7.18. The monoisotopic (exact) mass is 320 g/mol. The number of halogens is 3. The molecule has 20 heavy (non-hydrogen) atoms. The normalized spacial score (nSPS) is 14.2. The third-order valence-electron chi connectivity index (χ3n) is 2.83. The van der Waals surface area contributed by atoms with Crippen LogP contribution in [0.5, 0.6) is 0 Å². The van der Waals surface area contributed by atoms with Gasteiger partial charge in [0.1, 0.15) is 5.82 Å². The molecule has 0 radical (unpaired) electrons. The van der Waals surface area contributed by atoms with E-state index in [1.807, 2.05) is 20.8 Å².